The van der Waals surface area contributed by atoms with Gasteiger partial charge in [-0.25, -0.2) is 0 Å². The van der Waals surface area contributed by atoms with Crippen molar-refractivity contribution in [3.63, 3.8) is 0 Å². The van der Waals surface area contributed by atoms with E-state index in [0.29, 0.717) is 11.3 Å². The van der Waals surface area contributed by atoms with Gasteiger partial charge in [-0.2, -0.15) is 0 Å². The maximum Gasteiger partial charge on any atom is 0.191 e. The van der Waals surface area contributed by atoms with Gasteiger partial charge in [-0.05, 0) is 59.0 Å². The van der Waals surface area contributed by atoms with E-state index in [9.17, 15) is 4.21 Å². The van der Waals surface area contributed by atoms with Crippen LogP contribution in [0.15, 0.2) is 4.99 Å². The number of hydrogen-bond donors (Lipinski definition) is 2. The van der Waals surface area contributed by atoms with E-state index < -0.39 is 10.8 Å². The average molecular weight is 527 g/mol. The summed E-state index contributed by atoms with van der Waals surface area (Å²) in [6.07, 6.45) is 12.5. The Bertz CT molecular complexity index is 471. The zero-order valence-electron chi connectivity index (χ0n) is 18.3. The standard InChI is InChI=1S/C21H42N4OS.HI/c1-4-22-21(24-18-11-9-14-20(17-18)27(26)5-2)23-15-10-16-25(3)19-12-7-6-8-13-19;/h18-20H,4-17H2,1-3H3,(H2,22,23,24);1H. The molecule has 28 heavy (non-hydrogen) atoms. The van der Waals surface area contributed by atoms with Crippen LogP contribution in [0.5, 0.6) is 0 Å². The zero-order chi connectivity index (χ0) is 19.5. The van der Waals surface area contributed by atoms with Crippen molar-refractivity contribution in [1.29, 1.82) is 0 Å². The first-order valence-electron chi connectivity index (χ1n) is 11.3. The van der Waals surface area contributed by atoms with Gasteiger partial charge in [0, 0.05) is 47.0 Å². The predicted octanol–water partition coefficient (Wildman–Crippen LogP) is 3.89. The Balaban J connectivity index is 0.00000392. The molecule has 0 heterocycles. The van der Waals surface area contributed by atoms with Crippen molar-refractivity contribution < 1.29 is 4.21 Å². The lowest BCUT2D eigenvalue weighted by Crippen LogP contribution is -2.46. The highest BCUT2D eigenvalue weighted by Crippen LogP contribution is 2.23. The van der Waals surface area contributed by atoms with Crippen molar-refractivity contribution in [3.05, 3.63) is 0 Å². The molecule has 2 rings (SSSR count). The summed E-state index contributed by atoms with van der Waals surface area (Å²) in [7, 11) is 1.60. The Morgan fingerprint density at radius 2 is 1.86 bits per heavy atom. The number of rotatable bonds is 9. The maximum absolute atomic E-state index is 12.2. The second kappa shape index (κ2) is 15.0. The van der Waals surface area contributed by atoms with Crippen LogP contribution >= 0.6 is 24.0 Å². The molecule has 166 valence electrons. The Morgan fingerprint density at radius 1 is 1.11 bits per heavy atom. The lowest BCUT2D eigenvalue weighted by atomic mass is 9.94. The summed E-state index contributed by atoms with van der Waals surface area (Å²) in [6, 6.07) is 1.19. The van der Waals surface area contributed by atoms with E-state index in [1.54, 1.807) is 0 Å². The summed E-state index contributed by atoms with van der Waals surface area (Å²) in [6.45, 7) is 7.02. The minimum absolute atomic E-state index is 0. The molecular formula is C21H43IN4OS. The molecule has 0 spiro atoms. The van der Waals surface area contributed by atoms with Crippen LogP contribution in [0.3, 0.4) is 0 Å². The third-order valence-electron chi connectivity index (χ3n) is 6.10. The van der Waals surface area contributed by atoms with Crippen LogP contribution in [0.1, 0.15) is 78.1 Å². The van der Waals surface area contributed by atoms with Gasteiger partial charge in [0.2, 0.25) is 0 Å². The van der Waals surface area contributed by atoms with Gasteiger partial charge >= 0.3 is 0 Å². The van der Waals surface area contributed by atoms with Crippen LogP contribution < -0.4 is 10.6 Å². The minimum Gasteiger partial charge on any atom is -0.357 e. The molecule has 0 amide bonds. The molecular weight excluding hydrogens is 483 g/mol. The quantitative estimate of drug-likeness (QED) is 0.207. The zero-order valence-corrected chi connectivity index (χ0v) is 21.4. The van der Waals surface area contributed by atoms with Crippen molar-refractivity contribution in [3.8, 4) is 0 Å². The summed E-state index contributed by atoms with van der Waals surface area (Å²) in [5.74, 6) is 1.71. The number of nitrogens with one attached hydrogen (secondary N) is 2. The second-order valence-corrected chi connectivity index (χ2v) is 10.2. The van der Waals surface area contributed by atoms with Crippen molar-refractivity contribution >= 4 is 40.7 Å². The van der Waals surface area contributed by atoms with E-state index in [2.05, 4.69) is 29.5 Å². The van der Waals surface area contributed by atoms with E-state index in [-0.39, 0.29) is 24.0 Å². The number of nitrogens with zero attached hydrogens (tertiary/aromatic N) is 2. The molecule has 2 saturated carbocycles. The molecule has 0 aliphatic heterocycles. The molecule has 2 aliphatic carbocycles. The summed E-state index contributed by atoms with van der Waals surface area (Å²) in [5.41, 5.74) is 0. The Morgan fingerprint density at radius 3 is 2.54 bits per heavy atom. The minimum atomic E-state index is -0.673. The SMILES string of the molecule is CCNC(=NCCCN(C)C1CCCCC1)NC1CCCC(S(=O)CC)C1.I. The van der Waals surface area contributed by atoms with Crippen molar-refractivity contribution in [2.45, 2.75) is 95.4 Å². The number of hydrogen-bond acceptors (Lipinski definition) is 3. The molecule has 3 unspecified atom stereocenters. The highest BCUT2D eigenvalue weighted by Gasteiger charge is 2.26. The van der Waals surface area contributed by atoms with Gasteiger partial charge in [-0.15, -0.1) is 24.0 Å². The van der Waals surface area contributed by atoms with E-state index in [1.165, 1.54) is 38.5 Å². The Hall–Kier alpha value is 0.110. The molecule has 2 N–H and O–H groups in total. The molecule has 2 aliphatic rings. The lowest BCUT2D eigenvalue weighted by Gasteiger charge is -2.31. The first kappa shape index (κ1) is 26.1. The molecule has 0 aromatic heterocycles. The highest BCUT2D eigenvalue weighted by atomic mass is 127. The van der Waals surface area contributed by atoms with Gasteiger partial charge in [0.25, 0.3) is 0 Å². The normalized spacial score (nSPS) is 25.2. The molecule has 0 saturated heterocycles. The van der Waals surface area contributed by atoms with Gasteiger partial charge in [-0.3, -0.25) is 9.20 Å². The molecule has 7 heteroatoms. The average Bonchev–Trinajstić information content (AvgIpc) is 2.71. The summed E-state index contributed by atoms with van der Waals surface area (Å²) >= 11 is 0. The molecule has 2 fully saturated rings. The second-order valence-electron chi connectivity index (χ2n) is 8.19. The molecule has 3 atom stereocenters. The van der Waals surface area contributed by atoms with Crippen LogP contribution in [0.25, 0.3) is 0 Å². The van der Waals surface area contributed by atoms with E-state index in [0.717, 1.165) is 63.1 Å². The molecule has 0 aromatic rings. The van der Waals surface area contributed by atoms with Gasteiger partial charge in [0.15, 0.2) is 5.96 Å². The molecule has 0 radical (unpaired) electrons. The third-order valence-corrected chi connectivity index (χ3v) is 7.85. The predicted molar refractivity (Wildman–Crippen MR) is 133 cm³/mol. The number of aliphatic imine (C=N–C) groups is 1. The fourth-order valence-electron chi connectivity index (χ4n) is 4.48. The van der Waals surface area contributed by atoms with Crippen LogP contribution in [0.2, 0.25) is 0 Å². The van der Waals surface area contributed by atoms with Crippen molar-refractivity contribution in [1.82, 2.24) is 15.5 Å². The van der Waals surface area contributed by atoms with Gasteiger partial charge in [0.05, 0.1) is 0 Å². The molecule has 0 bridgehead atoms. The number of halogens is 1. The fourth-order valence-corrected chi connectivity index (χ4v) is 5.83. The lowest BCUT2D eigenvalue weighted by molar-refractivity contribution is 0.191. The maximum atomic E-state index is 12.2. The number of guanidine groups is 1. The Labute approximate surface area is 192 Å². The first-order chi connectivity index (χ1) is 13.1. The van der Waals surface area contributed by atoms with Crippen LogP contribution in [0, 0.1) is 0 Å². The van der Waals surface area contributed by atoms with E-state index in [1.807, 2.05) is 6.92 Å². The fraction of sp³-hybridized carbons (Fsp3) is 0.952. The van der Waals surface area contributed by atoms with Crippen LogP contribution in [-0.4, -0.2) is 64.8 Å². The molecule has 5 nitrogen and oxygen atoms in total. The molecule has 0 aromatic carbocycles. The van der Waals surface area contributed by atoms with Crippen molar-refractivity contribution in [2.24, 2.45) is 4.99 Å². The third kappa shape index (κ3) is 9.28. The summed E-state index contributed by atoms with van der Waals surface area (Å²) < 4.78 is 12.2. The smallest absolute Gasteiger partial charge is 0.191 e. The topological polar surface area (TPSA) is 56.7 Å². The Kier molecular flexibility index (Phi) is 14.0. The highest BCUT2D eigenvalue weighted by molar-refractivity contribution is 14.0. The van der Waals surface area contributed by atoms with Crippen molar-refractivity contribution in [2.75, 3.05) is 32.4 Å². The van der Waals surface area contributed by atoms with Crippen LogP contribution in [0.4, 0.5) is 0 Å². The van der Waals surface area contributed by atoms with Gasteiger partial charge in [-0.1, -0.05) is 32.6 Å². The summed E-state index contributed by atoms with van der Waals surface area (Å²) in [4.78, 5) is 7.35. The monoisotopic (exact) mass is 526 g/mol. The van der Waals surface area contributed by atoms with E-state index >= 15 is 0 Å². The first-order valence-corrected chi connectivity index (χ1v) is 12.6. The van der Waals surface area contributed by atoms with Gasteiger partial charge in [0.1, 0.15) is 0 Å². The summed E-state index contributed by atoms with van der Waals surface area (Å²) in [5, 5.41) is 7.35. The largest absolute Gasteiger partial charge is 0.357 e. The van der Waals surface area contributed by atoms with E-state index in [4.69, 9.17) is 4.99 Å². The van der Waals surface area contributed by atoms with Gasteiger partial charge < -0.3 is 15.5 Å². The van der Waals surface area contributed by atoms with Crippen LogP contribution in [-0.2, 0) is 10.8 Å².